The summed E-state index contributed by atoms with van der Waals surface area (Å²) >= 11 is 0. The van der Waals surface area contributed by atoms with Gasteiger partial charge in [-0.2, -0.15) is 0 Å². The van der Waals surface area contributed by atoms with E-state index >= 15 is 0 Å². The summed E-state index contributed by atoms with van der Waals surface area (Å²) in [7, 11) is 1.49. The Morgan fingerprint density at radius 2 is 1.88 bits per heavy atom. The molecule has 0 aliphatic heterocycles. The molecule has 7 heteroatoms. The first-order valence-corrected chi connectivity index (χ1v) is 7.41. The van der Waals surface area contributed by atoms with Crippen molar-refractivity contribution in [1.82, 2.24) is 4.98 Å². The van der Waals surface area contributed by atoms with Crippen LogP contribution in [0, 0.1) is 0 Å². The Morgan fingerprint density at radius 3 is 2.60 bits per heavy atom. The molecule has 1 aromatic heterocycles. The first-order valence-electron chi connectivity index (χ1n) is 7.41. The highest BCUT2D eigenvalue weighted by Crippen LogP contribution is 2.18. The second-order valence-corrected chi connectivity index (χ2v) is 5.31. The van der Waals surface area contributed by atoms with Gasteiger partial charge >= 0.3 is 0 Å². The summed E-state index contributed by atoms with van der Waals surface area (Å²) in [6, 6.07) is 11.3. The van der Waals surface area contributed by atoms with Crippen LogP contribution in [0.5, 0.6) is 5.75 Å². The molecule has 2 amide bonds. The van der Waals surface area contributed by atoms with Crippen molar-refractivity contribution in [2.24, 2.45) is 5.73 Å². The van der Waals surface area contributed by atoms with Gasteiger partial charge in [0.2, 0.25) is 5.43 Å². The normalized spacial score (nSPS) is 10.4. The molecule has 3 aromatic rings. The maximum absolute atomic E-state index is 12.6. The molecule has 0 saturated carbocycles. The molecule has 0 bridgehead atoms. The lowest BCUT2D eigenvalue weighted by Gasteiger charge is -2.09. The van der Waals surface area contributed by atoms with Crippen molar-refractivity contribution in [1.29, 1.82) is 0 Å². The third kappa shape index (κ3) is 3.07. The van der Waals surface area contributed by atoms with Crippen molar-refractivity contribution in [3.63, 3.8) is 0 Å². The van der Waals surface area contributed by atoms with Crippen LogP contribution in [0.4, 0.5) is 5.69 Å². The van der Waals surface area contributed by atoms with Crippen molar-refractivity contribution in [2.75, 3.05) is 12.4 Å². The highest BCUT2D eigenvalue weighted by atomic mass is 16.5. The van der Waals surface area contributed by atoms with Crippen LogP contribution < -0.4 is 21.2 Å². The fraction of sp³-hybridized carbons (Fsp3) is 0.0556. The van der Waals surface area contributed by atoms with Crippen molar-refractivity contribution in [3.05, 3.63) is 70.0 Å². The lowest BCUT2D eigenvalue weighted by Crippen LogP contribution is -2.23. The number of primary amides is 1. The number of pyridine rings is 1. The number of methoxy groups -OCH3 is 1. The maximum Gasteiger partial charge on any atom is 0.261 e. The number of fused-ring (bicyclic) bond motifs is 1. The zero-order chi connectivity index (χ0) is 18.0. The molecule has 0 atom stereocenters. The van der Waals surface area contributed by atoms with Gasteiger partial charge in [-0.05, 0) is 30.3 Å². The van der Waals surface area contributed by atoms with E-state index in [2.05, 4.69) is 10.3 Å². The number of nitrogens with one attached hydrogen (secondary N) is 2. The quantitative estimate of drug-likeness (QED) is 0.674. The summed E-state index contributed by atoms with van der Waals surface area (Å²) < 4.78 is 5.11. The van der Waals surface area contributed by atoms with Crippen LogP contribution in [0.15, 0.2) is 53.5 Å². The van der Waals surface area contributed by atoms with E-state index < -0.39 is 17.2 Å². The van der Waals surface area contributed by atoms with Gasteiger partial charge in [0.1, 0.15) is 11.3 Å². The predicted octanol–water partition coefficient (Wildman–Crippen LogP) is 1.89. The summed E-state index contributed by atoms with van der Waals surface area (Å²) in [6.07, 6.45) is 1.33. The van der Waals surface area contributed by atoms with E-state index in [9.17, 15) is 14.4 Å². The summed E-state index contributed by atoms with van der Waals surface area (Å²) in [5.74, 6) is -0.803. The molecule has 7 nitrogen and oxygen atoms in total. The Morgan fingerprint density at radius 1 is 1.12 bits per heavy atom. The number of hydrogen-bond donors (Lipinski definition) is 3. The van der Waals surface area contributed by atoms with Gasteiger partial charge < -0.3 is 20.8 Å². The second kappa shape index (κ2) is 6.48. The van der Waals surface area contributed by atoms with Gasteiger partial charge in [0.15, 0.2) is 0 Å². The molecule has 0 spiro atoms. The van der Waals surface area contributed by atoms with Gasteiger partial charge in [0.25, 0.3) is 11.8 Å². The van der Waals surface area contributed by atoms with Crippen LogP contribution in [-0.2, 0) is 0 Å². The number of aromatic amines is 1. The standard InChI is InChI=1S/C18H15N3O4/c1-25-10-6-7-14-12(8-10)16(22)13(9-20-14)18(24)21-15-5-3-2-4-11(15)17(19)23/h2-9H,1H3,(H2,19,23)(H,20,22)(H,21,24). The molecule has 126 valence electrons. The maximum atomic E-state index is 12.6. The number of aromatic nitrogens is 1. The van der Waals surface area contributed by atoms with E-state index in [0.717, 1.165) is 0 Å². The summed E-state index contributed by atoms with van der Waals surface area (Å²) in [6.45, 7) is 0. The van der Waals surface area contributed by atoms with E-state index in [0.29, 0.717) is 16.7 Å². The van der Waals surface area contributed by atoms with Gasteiger partial charge in [-0.25, -0.2) is 0 Å². The fourth-order valence-electron chi connectivity index (χ4n) is 2.49. The number of ether oxygens (including phenoxy) is 1. The molecule has 0 aliphatic rings. The van der Waals surface area contributed by atoms with Crippen LogP contribution in [0.1, 0.15) is 20.7 Å². The zero-order valence-electron chi connectivity index (χ0n) is 13.3. The van der Waals surface area contributed by atoms with Crippen molar-refractivity contribution in [3.8, 4) is 5.75 Å². The predicted molar refractivity (Wildman–Crippen MR) is 94.0 cm³/mol. The molecule has 0 unspecified atom stereocenters. The highest BCUT2D eigenvalue weighted by molar-refractivity contribution is 6.09. The number of rotatable bonds is 4. The van der Waals surface area contributed by atoms with Gasteiger partial charge in [-0.3, -0.25) is 14.4 Å². The molecule has 1 heterocycles. The Kier molecular flexibility index (Phi) is 4.21. The number of para-hydroxylation sites is 1. The number of anilines is 1. The Balaban J connectivity index is 2.02. The van der Waals surface area contributed by atoms with E-state index in [1.54, 1.807) is 30.3 Å². The molecule has 25 heavy (non-hydrogen) atoms. The monoisotopic (exact) mass is 337 g/mol. The van der Waals surface area contributed by atoms with Gasteiger partial charge in [0, 0.05) is 17.1 Å². The lowest BCUT2D eigenvalue weighted by atomic mass is 10.1. The van der Waals surface area contributed by atoms with E-state index in [4.69, 9.17) is 10.5 Å². The molecule has 4 N–H and O–H groups in total. The van der Waals surface area contributed by atoms with Gasteiger partial charge in [0.05, 0.1) is 18.4 Å². The Labute approximate surface area is 142 Å². The number of H-pyrrole nitrogens is 1. The van der Waals surface area contributed by atoms with Crippen molar-refractivity contribution >= 4 is 28.4 Å². The minimum absolute atomic E-state index is 0.0833. The van der Waals surface area contributed by atoms with Crippen molar-refractivity contribution in [2.45, 2.75) is 0 Å². The van der Waals surface area contributed by atoms with Crippen LogP contribution in [-0.4, -0.2) is 23.9 Å². The lowest BCUT2D eigenvalue weighted by molar-refractivity contribution is 0.100. The van der Waals surface area contributed by atoms with E-state index in [1.165, 1.54) is 25.4 Å². The van der Waals surface area contributed by atoms with Crippen LogP contribution >= 0.6 is 0 Å². The van der Waals surface area contributed by atoms with Crippen LogP contribution in [0.2, 0.25) is 0 Å². The molecule has 2 aromatic carbocycles. The molecule has 0 aliphatic carbocycles. The molecule has 0 radical (unpaired) electrons. The van der Waals surface area contributed by atoms with E-state index in [-0.39, 0.29) is 16.8 Å². The first-order chi connectivity index (χ1) is 12.0. The second-order valence-electron chi connectivity index (χ2n) is 5.31. The number of carbonyl (C=O) groups is 2. The number of benzene rings is 2. The third-order valence-electron chi connectivity index (χ3n) is 3.77. The molecular formula is C18H15N3O4. The van der Waals surface area contributed by atoms with E-state index in [1.807, 2.05) is 0 Å². The third-order valence-corrected chi connectivity index (χ3v) is 3.77. The van der Waals surface area contributed by atoms with Crippen molar-refractivity contribution < 1.29 is 14.3 Å². The average molecular weight is 337 g/mol. The summed E-state index contributed by atoms with van der Waals surface area (Å²) in [4.78, 5) is 39.5. The number of amides is 2. The van der Waals surface area contributed by atoms with Gasteiger partial charge in [-0.1, -0.05) is 12.1 Å². The Hall–Kier alpha value is -3.61. The molecular weight excluding hydrogens is 322 g/mol. The SMILES string of the molecule is COc1ccc2[nH]cc(C(=O)Nc3ccccc3C(N)=O)c(=O)c2c1. The fourth-order valence-corrected chi connectivity index (χ4v) is 2.49. The zero-order valence-corrected chi connectivity index (χ0v) is 13.3. The minimum Gasteiger partial charge on any atom is -0.497 e. The Bertz CT molecular complexity index is 1040. The molecule has 3 rings (SSSR count). The molecule has 0 saturated heterocycles. The number of nitrogens with two attached hydrogens (primary N) is 1. The minimum atomic E-state index is -0.673. The smallest absolute Gasteiger partial charge is 0.261 e. The summed E-state index contributed by atoms with van der Waals surface area (Å²) in [5.41, 5.74) is 5.75. The topological polar surface area (TPSA) is 114 Å². The number of carbonyl (C=O) groups excluding carboxylic acids is 2. The number of hydrogen-bond acceptors (Lipinski definition) is 4. The largest absolute Gasteiger partial charge is 0.497 e. The van der Waals surface area contributed by atoms with Crippen LogP contribution in [0.3, 0.4) is 0 Å². The summed E-state index contributed by atoms with van der Waals surface area (Å²) in [5, 5.41) is 2.88. The van der Waals surface area contributed by atoms with Crippen LogP contribution in [0.25, 0.3) is 10.9 Å². The highest BCUT2D eigenvalue weighted by Gasteiger charge is 2.16. The first kappa shape index (κ1) is 16.3. The average Bonchev–Trinajstić information content (AvgIpc) is 2.62. The molecule has 0 fully saturated rings. The van der Waals surface area contributed by atoms with Gasteiger partial charge in [-0.15, -0.1) is 0 Å².